The molecule has 2 heterocycles. The highest BCUT2D eigenvalue weighted by atomic mass is 16.5. The molecule has 6 nitrogen and oxygen atoms in total. The van der Waals surface area contributed by atoms with Gasteiger partial charge in [0.25, 0.3) is 11.8 Å². The van der Waals surface area contributed by atoms with Gasteiger partial charge in [0.2, 0.25) is 0 Å². The van der Waals surface area contributed by atoms with Gasteiger partial charge in [-0.2, -0.15) is 0 Å². The lowest BCUT2D eigenvalue weighted by molar-refractivity contribution is -0.118. The quantitative estimate of drug-likeness (QED) is 0.829. The van der Waals surface area contributed by atoms with E-state index in [1.165, 1.54) is 0 Å². The summed E-state index contributed by atoms with van der Waals surface area (Å²) in [6.07, 6.45) is 1.74. The van der Waals surface area contributed by atoms with Crippen LogP contribution in [0.2, 0.25) is 0 Å². The van der Waals surface area contributed by atoms with E-state index < -0.39 is 0 Å². The molecule has 0 radical (unpaired) electrons. The summed E-state index contributed by atoms with van der Waals surface area (Å²) in [5.41, 5.74) is 1.10. The molecule has 0 aromatic heterocycles. The predicted octanol–water partition coefficient (Wildman–Crippen LogP) is 0.614. The summed E-state index contributed by atoms with van der Waals surface area (Å²) in [6.45, 7) is 0.621. The van der Waals surface area contributed by atoms with Crippen molar-refractivity contribution in [3.05, 3.63) is 23.8 Å². The molecule has 106 valence electrons. The van der Waals surface area contributed by atoms with Crippen LogP contribution in [0.15, 0.2) is 18.2 Å². The molecule has 2 aliphatic rings. The molecule has 0 spiro atoms. The summed E-state index contributed by atoms with van der Waals surface area (Å²) in [7, 11) is 0. The molecule has 3 rings (SSSR count). The Morgan fingerprint density at radius 1 is 1.50 bits per heavy atom. The van der Waals surface area contributed by atoms with Crippen molar-refractivity contribution in [2.75, 3.05) is 25.1 Å². The van der Waals surface area contributed by atoms with E-state index in [1.807, 2.05) is 0 Å². The van der Waals surface area contributed by atoms with Crippen LogP contribution in [0.1, 0.15) is 23.2 Å². The maximum atomic E-state index is 12.4. The van der Waals surface area contributed by atoms with Crippen molar-refractivity contribution in [1.82, 2.24) is 4.90 Å². The Hall–Kier alpha value is -2.08. The maximum absolute atomic E-state index is 12.4. The number of likely N-dealkylation sites (tertiary alicyclic amines) is 1. The van der Waals surface area contributed by atoms with E-state index in [0.29, 0.717) is 23.5 Å². The first kappa shape index (κ1) is 12.9. The van der Waals surface area contributed by atoms with E-state index in [2.05, 4.69) is 5.32 Å². The molecule has 2 aliphatic heterocycles. The van der Waals surface area contributed by atoms with E-state index in [0.717, 1.165) is 12.8 Å². The number of nitrogens with zero attached hydrogens (tertiary/aromatic N) is 1. The maximum Gasteiger partial charge on any atom is 0.262 e. The highest BCUT2D eigenvalue weighted by Crippen LogP contribution is 2.30. The van der Waals surface area contributed by atoms with Gasteiger partial charge in [-0.15, -0.1) is 0 Å². The van der Waals surface area contributed by atoms with Gasteiger partial charge in [0.05, 0.1) is 18.3 Å². The average molecular weight is 276 g/mol. The number of ether oxygens (including phenoxy) is 1. The number of fused-ring (bicyclic) bond motifs is 1. The fourth-order valence-electron chi connectivity index (χ4n) is 2.67. The van der Waals surface area contributed by atoms with Crippen LogP contribution >= 0.6 is 0 Å². The highest BCUT2D eigenvalue weighted by Gasteiger charge is 2.29. The number of rotatable bonds is 2. The third-order valence-electron chi connectivity index (χ3n) is 3.71. The Labute approximate surface area is 116 Å². The molecule has 1 atom stereocenters. The molecular formula is C14H16N2O4. The van der Waals surface area contributed by atoms with Crippen molar-refractivity contribution in [3.8, 4) is 5.75 Å². The SMILES string of the molecule is O=C1COc2cc(C(=O)N3CCC[C@H]3CO)ccc2N1. The first-order valence-electron chi connectivity index (χ1n) is 6.67. The van der Waals surface area contributed by atoms with Crippen LogP contribution in [0.3, 0.4) is 0 Å². The number of aliphatic hydroxyl groups excluding tert-OH is 1. The van der Waals surface area contributed by atoms with Gasteiger partial charge in [0.15, 0.2) is 6.61 Å². The van der Waals surface area contributed by atoms with Crippen molar-refractivity contribution < 1.29 is 19.4 Å². The molecule has 0 saturated carbocycles. The summed E-state index contributed by atoms with van der Waals surface area (Å²) >= 11 is 0. The van der Waals surface area contributed by atoms with Crippen LogP contribution < -0.4 is 10.1 Å². The number of hydrogen-bond donors (Lipinski definition) is 2. The molecule has 1 saturated heterocycles. The Balaban J connectivity index is 1.84. The van der Waals surface area contributed by atoms with Crippen molar-refractivity contribution in [2.45, 2.75) is 18.9 Å². The number of aliphatic hydroxyl groups is 1. The van der Waals surface area contributed by atoms with Gasteiger partial charge in [0.1, 0.15) is 5.75 Å². The van der Waals surface area contributed by atoms with Crippen LogP contribution in [0.5, 0.6) is 5.75 Å². The molecule has 1 aromatic carbocycles. The second-order valence-electron chi connectivity index (χ2n) is 5.02. The predicted molar refractivity (Wildman–Crippen MR) is 71.7 cm³/mol. The zero-order valence-electron chi connectivity index (χ0n) is 11.0. The third-order valence-corrected chi connectivity index (χ3v) is 3.71. The standard InChI is InChI=1S/C14H16N2O4/c17-7-10-2-1-5-16(10)14(19)9-3-4-11-12(6-9)20-8-13(18)15-11/h3-4,6,10,17H,1-2,5,7-8H2,(H,15,18)/t10-/m0/s1. The van der Waals surface area contributed by atoms with E-state index in [1.54, 1.807) is 23.1 Å². The van der Waals surface area contributed by atoms with Crippen molar-refractivity contribution in [1.29, 1.82) is 0 Å². The zero-order chi connectivity index (χ0) is 14.1. The molecule has 20 heavy (non-hydrogen) atoms. The smallest absolute Gasteiger partial charge is 0.262 e. The fourth-order valence-corrected chi connectivity index (χ4v) is 2.67. The molecule has 2 N–H and O–H groups in total. The number of amides is 2. The fraction of sp³-hybridized carbons (Fsp3) is 0.429. The van der Waals surface area contributed by atoms with Crippen LogP contribution in [0.25, 0.3) is 0 Å². The largest absolute Gasteiger partial charge is 0.482 e. The minimum Gasteiger partial charge on any atom is -0.482 e. The molecule has 0 aliphatic carbocycles. The van der Waals surface area contributed by atoms with Crippen LogP contribution in [-0.4, -0.2) is 47.6 Å². The minimum absolute atomic E-state index is 0.0107. The Kier molecular flexibility index (Phi) is 3.31. The summed E-state index contributed by atoms with van der Waals surface area (Å²) in [6, 6.07) is 4.88. The van der Waals surface area contributed by atoms with Gasteiger partial charge in [-0.25, -0.2) is 0 Å². The van der Waals surface area contributed by atoms with Gasteiger partial charge < -0.3 is 20.1 Å². The van der Waals surface area contributed by atoms with Gasteiger partial charge in [-0.05, 0) is 31.0 Å². The number of benzene rings is 1. The topological polar surface area (TPSA) is 78.9 Å². The van der Waals surface area contributed by atoms with Gasteiger partial charge >= 0.3 is 0 Å². The number of carbonyl (C=O) groups is 2. The van der Waals surface area contributed by atoms with Gasteiger partial charge in [0, 0.05) is 12.1 Å². The second kappa shape index (κ2) is 5.13. The number of anilines is 1. The van der Waals surface area contributed by atoms with E-state index in [9.17, 15) is 14.7 Å². The monoisotopic (exact) mass is 276 g/mol. The number of hydrogen-bond acceptors (Lipinski definition) is 4. The van der Waals surface area contributed by atoms with E-state index in [-0.39, 0.29) is 31.1 Å². The number of carbonyl (C=O) groups excluding carboxylic acids is 2. The molecule has 1 aromatic rings. The summed E-state index contributed by atoms with van der Waals surface area (Å²) < 4.78 is 5.31. The van der Waals surface area contributed by atoms with Crippen molar-refractivity contribution in [3.63, 3.8) is 0 Å². The Morgan fingerprint density at radius 3 is 3.15 bits per heavy atom. The summed E-state index contributed by atoms with van der Waals surface area (Å²) in [5, 5.41) is 12.0. The summed E-state index contributed by atoms with van der Waals surface area (Å²) in [4.78, 5) is 25.3. The molecule has 6 heteroatoms. The lowest BCUT2D eigenvalue weighted by Crippen LogP contribution is -2.37. The molecule has 0 bridgehead atoms. The van der Waals surface area contributed by atoms with Gasteiger partial charge in [-0.1, -0.05) is 0 Å². The lowest BCUT2D eigenvalue weighted by Gasteiger charge is -2.24. The Bertz CT molecular complexity index is 558. The lowest BCUT2D eigenvalue weighted by atomic mass is 10.1. The van der Waals surface area contributed by atoms with Gasteiger partial charge in [-0.3, -0.25) is 9.59 Å². The van der Waals surface area contributed by atoms with Crippen molar-refractivity contribution in [2.24, 2.45) is 0 Å². The van der Waals surface area contributed by atoms with Crippen LogP contribution in [-0.2, 0) is 4.79 Å². The molecule has 2 amide bonds. The van der Waals surface area contributed by atoms with Crippen LogP contribution in [0, 0.1) is 0 Å². The van der Waals surface area contributed by atoms with Crippen LogP contribution in [0.4, 0.5) is 5.69 Å². The minimum atomic E-state index is -0.198. The van der Waals surface area contributed by atoms with Crippen molar-refractivity contribution >= 4 is 17.5 Å². The zero-order valence-corrected chi connectivity index (χ0v) is 11.0. The third kappa shape index (κ3) is 2.22. The summed E-state index contributed by atoms with van der Waals surface area (Å²) in [5.74, 6) is 0.205. The average Bonchev–Trinajstić information content (AvgIpc) is 2.94. The van der Waals surface area contributed by atoms with E-state index in [4.69, 9.17) is 4.74 Å². The second-order valence-corrected chi connectivity index (χ2v) is 5.02. The first-order chi connectivity index (χ1) is 9.69. The molecule has 0 unspecified atom stereocenters. The molecule has 1 fully saturated rings. The highest BCUT2D eigenvalue weighted by molar-refractivity contribution is 5.99. The first-order valence-corrected chi connectivity index (χ1v) is 6.67. The Morgan fingerprint density at radius 2 is 2.35 bits per heavy atom. The number of nitrogens with one attached hydrogen (secondary N) is 1. The molecular weight excluding hydrogens is 260 g/mol. The normalized spacial score (nSPS) is 21.1. The van der Waals surface area contributed by atoms with E-state index >= 15 is 0 Å².